The van der Waals surface area contributed by atoms with Gasteiger partial charge in [-0.05, 0) is 11.1 Å². The molecule has 0 aliphatic carbocycles. The topological polar surface area (TPSA) is 15.3 Å². The highest BCUT2D eigenvalue weighted by atomic mass is 28.3. The molecule has 0 saturated heterocycles. The fourth-order valence-corrected chi connectivity index (χ4v) is 3.32. The SMILES string of the molecule is C[Si](C)(C)NN(Cc1ccccc1)Cc1ccccc1. The van der Waals surface area contributed by atoms with Crippen LogP contribution in [0.4, 0.5) is 0 Å². The highest BCUT2D eigenvalue weighted by Gasteiger charge is 2.17. The van der Waals surface area contributed by atoms with Gasteiger partial charge in [-0.2, -0.15) is 0 Å². The molecule has 0 heterocycles. The molecule has 20 heavy (non-hydrogen) atoms. The molecule has 0 amide bonds. The van der Waals surface area contributed by atoms with E-state index in [4.69, 9.17) is 0 Å². The second kappa shape index (κ2) is 6.84. The van der Waals surface area contributed by atoms with Crippen molar-refractivity contribution < 1.29 is 0 Å². The Morgan fingerprint density at radius 3 is 1.50 bits per heavy atom. The van der Waals surface area contributed by atoms with Crippen LogP contribution in [0, 0.1) is 0 Å². The molecule has 0 aromatic heterocycles. The average molecular weight is 284 g/mol. The van der Waals surface area contributed by atoms with Crippen molar-refractivity contribution in [3.8, 4) is 0 Å². The average Bonchev–Trinajstić information content (AvgIpc) is 2.39. The van der Waals surface area contributed by atoms with E-state index in [1.807, 2.05) is 0 Å². The number of hydrogen-bond donors (Lipinski definition) is 1. The first-order chi connectivity index (χ1) is 9.53. The van der Waals surface area contributed by atoms with E-state index >= 15 is 0 Å². The van der Waals surface area contributed by atoms with Crippen LogP contribution in [0.25, 0.3) is 0 Å². The molecule has 0 radical (unpaired) electrons. The lowest BCUT2D eigenvalue weighted by Gasteiger charge is -2.30. The molecule has 0 aliphatic heterocycles. The summed E-state index contributed by atoms with van der Waals surface area (Å²) in [5.74, 6) is 0. The first-order valence-electron chi connectivity index (χ1n) is 7.13. The maximum Gasteiger partial charge on any atom is 0.132 e. The van der Waals surface area contributed by atoms with Crippen molar-refractivity contribution in [2.45, 2.75) is 32.7 Å². The van der Waals surface area contributed by atoms with Gasteiger partial charge in [-0.15, -0.1) is 0 Å². The van der Waals surface area contributed by atoms with E-state index in [1.165, 1.54) is 11.1 Å². The van der Waals surface area contributed by atoms with Gasteiger partial charge < -0.3 is 0 Å². The van der Waals surface area contributed by atoms with Gasteiger partial charge in [0.05, 0.1) is 0 Å². The third-order valence-electron chi connectivity index (χ3n) is 2.93. The lowest BCUT2D eigenvalue weighted by atomic mass is 10.2. The van der Waals surface area contributed by atoms with Gasteiger partial charge in [0.1, 0.15) is 8.24 Å². The number of nitrogens with one attached hydrogen (secondary N) is 1. The summed E-state index contributed by atoms with van der Waals surface area (Å²) < 4.78 is 0. The van der Waals surface area contributed by atoms with E-state index in [0.717, 1.165) is 13.1 Å². The standard InChI is InChI=1S/C17H24N2Si/c1-20(2,3)18-19(14-16-10-6-4-7-11-16)15-17-12-8-5-9-13-17/h4-13,18H,14-15H2,1-3H3. The van der Waals surface area contributed by atoms with Crippen molar-refractivity contribution >= 4 is 8.24 Å². The fourth-order valence-electron chi connectivity index (χ4n) is 2.22. The van der Waals surface area contributed by atoms with Crippen LogP contribution in [0.5, 0.6) is 0 Å². The second-order valence-corrected chi connectivity index (χ2v) is 10.9. The van der Waals surface area contributed by atoms with Crippen molar-refractivity contribution in [2.75, 3.05) is 0 Å². The van der Waals surface area contributed by atoms with E-state index in [0.29, 0.717) is 0 Å². The van der Waals surface area contributed by atoms with Gasteiger partial charge in [0.25, 0.3) is 0 Å². The van der Waals surface area contributed by atoms with Crippen LogP contribution in [0.15, 0.2) is 60.7 Å². The second-order valence-electron chi connectivity index (χ2n) is 6.19. The molecule has 2 aromatic rings. The van der Waals surface area contributed by atoms with Gasteiger partial charge in [0.15, 0.2) is 0 Å². The van der Waals surface area contributed by atoms with E-state index in [2.05, 4.69) is 90.4 Å². The molecule has 2 aromatic carbocycles. The maximum atomic E-state index is 3.73. The van der Waals surface area contributed by atoms with Crippen LogP contribution in [0.3, 0.4) is 0 Å². The minimum absolute atomic E-state index is 0.931. The van der Waals surface area contributed by atoms with Gasteiger partial charge >= 0.3 is 0 Å². The minimum Gasteiger partial charge on any atom is -0.276 e. The third-order valence-corrected chi connectivity index (χ3v) is 3.91. The number of rotatable bonds is 6. The Morgan fingerprint density at radius 2 is 1.15 bits per heavy atom. The summed E-state index contributed by atoms with van der Waals surface area (Å²) in [6, 6.07) is 21.3. The van der Waals surface area contributed by atoms with E-state index in [9.17, 15) is 0 Å². The summed E-state index contributed by atoms with van der Waals surface area (Å²) in [7, 11) is -1.35. The van der Waals surface area contributed by atoms with Crippen molar-refractivity contribution in [2.24, 2.45) is 0 Å². The number of hydrogen-bond acceptors (Lipinski definition) is 2. The molecule has 0 bridgehead atoms. The minimum atomic E-state index is -1.35. The molecule has 0 aliphatic rings. The molecule has 3 heteroatoms. The van der Waals surface area contributed by atoms with E-state index < -0.39 is 8.24 Å². The summed E-state index contributed by atoms with van der Waals surface area (Å²) in [5.41, 5.74) is 2.68. The number of benzene rings is 2. The summed E-state index contributed by atoms with van der Waals surface area (Å²) >= 11 is 0. The zero-order valence-electron chi connectivity index (χ0n) is 12.6. The molecular formula is C17H24N2Si. The zero-order valence-corrected chi connectivity index (χ0v) is 13.6. The number of nitrogens with zero attached hydrogens (tertiary/aromatic N) is 1. The lowest BCUT2D eigenvalue weighted by Crippen LogP contribution is -2.51. The van der Waals surface area contributed by atoms with Gasteiger partial charge in [0.2, 0.25) is 0 Å². The van der Waals surface area contributed by atoms with Crippen LogP contribution in [-0.2, 0) is 13.1 Å². The molecule has 106 valence electrons. The van der Waals surface area contributed by atoms with Crippen molar-refractivity contribution in [1.82, 2.24) is 10.1 Å². The van der Waals surface area contributed by atoms with E-state index in [1.54, 1.807) is 0 Å². The van der Waals surface area contributed by atoms with Gasteiger partial charge in [-0.1, -0.05) is 80.3 Å². The highest BCUT2D eigenvalue weighted by Crippen LogP contribution is 2.10. The molecule has 2 nitrogen and oxygen atoms in total. The van der Waals surface area contributed by atoms with Crippen molar-refractivity contribution in [1.29, 1.82) is 0 Å². The first kappa shape index (κ1) is 15.0. The summed E-state index contributed by atoms with van der Waals surface area (Å²) in [6.45, 7) is 8.85. The van der Waals surface area contributed by atoms with Crippen LogP contribution in [0.2, 0.25) is 19.6 Å². The lowest BCUT2D eigenvalue weighted by molar-refractivity contribution is 0.218. The third kappa shape index (κ3) is 5.29. The quantitative estimate of drug-likeness (QED) is 0.636. The first-order valence-corrected chi connectivity index (χ1v) is 10.6. The van der Waals surface area contributed by atoms with Crippen LogP contribution < -0.4 is 5.09 Å². The predicted molar refractivity (Wildman–Crippen MR) is 88.6 cm³/mol. The fraction of sp³-hybridized carbons (Fsp3) is 0.294. The Balaban J connectivity index is 2.08. The van der Waals surface area contributed by atoms with Gasteiger partial charge in [-0.25, -0.2) is 5.01 Å². The molecule has 1 N–H and O–H groups in total. The zero-order chi connectivity index (χ0) is 14.4. The smallest absolute Gasteiger partial charge is 0.132 e. The maximum absolute atomic E-state index is 3.73. The number of hydrazine groups is 1. The molecule has 0 atom stereocenters. The molecule has 0 fully saturated rings. The normalized spacial score (nSPS) is 11.8. The Bertz CT molecular complexity index is 464. The highest BCUT2D eigenvalue weighted by molar-refractivity contribution is 6.73. The van der Waals surface area contributed by atoms with Gasteiger partial charge in [0, 0.05) is 13.1 Å². The van der Waals surface area contributed by atoms with Crippen LogP contribution in [0.1, 0.15) is 11.1 Å². The van der Waals surface area contributed by atoms with Crippen molar-refractivity contribution in [3.63, 3.8) is 0 Å². The Labute approximate surface area is 123 Å². The Hall–Kier alpha value is -1.42. The van der Waals surface area contributed by atoms with Gasteiger partial charge in [-0.3, -0.25) is 5.09 Å². The van der Waals surface area contributed by atoms with Crippen molar-refractivity contribution in [3.05, 3.63) is 71.8 Å². The monoisotopic (exact) mass is 284 g/mol. The molecule has 0 saturated carbocycles. The molecule has 0 unspecified atom stereocenters. The predicted octanol–water partition coefficient (Wildman–Crippen LogP) is 4.03. The van der Waals surface area contributed by atoms with E-state index in [-0.39, 0.29) is 0 Å². The summed E-state index contributed by atoms with van der Waals surface area (Å²) in [6.07, 6.45) is 0. The molecule has 2 rings (SSSR count). The van der Waals surface area contributed by atoms with Crippen LogP contribution in [-0.4, -0.2) is 13.2 Å². The Morgan fingerprint density at radius 1 is 0.750 bits per heavy atom. The molecular weight excluding hydrogens is 260 g/mol. The van der Waals surface area contributed by atoms with Crippen LogP contribution >= 0.6 is 0 Å². The largest absolute Gasteiger partial charge is 0.276 e. The summed E-state index contributed by atoms with van der Waals surface area (Å²) in [5, 5.41) is 6.07. The summed E-state index contributed by atoms with van der Waals surface area (Å²) in [4.78, 5) is 0. The Kier molecular flexibility index (Phi) is 5.12. The molecule has 0 spiro atoms.